The average Bonchev–Trinajstić information content (AvgIpc) is 2.68. The first-order valence-corrected chi connectivity index (χ1v) is 8.98. The van der Waals surface area contributed by atoms with Gasteiger partial charge in [0.05, 0.1) is 19.1 Å². The Morgan fingerprint density at radius 3 is 2.24 bits per heavy atom. The van der Waals surface area contributed by atoms with E-state index in [1.807, 2.05) is 12.1 Å². The summed E-state index contributed by atoms with van der Waals surface area (Å²) in [7, 11) is 0. The summed E-state index contributed by atoms with van der Waals surface area (Å²) in [6.07, 6.45) is -4.81. The van der Waals surface area contributed by atoms with E-state index in [0.717, 1.165) is 5.56 Å². The van der Waals surface area contributed by atoms with E-state index in [1.54, 1.807) is 12.1 Å². The zero-order valence-electron chi connectivity index (χ0n) is 15.4. The number of morpholine rings is 1. The Bertz CT molecular complexity index is 808. The predicted octanol–water partition coefficient (Wildman–Crippen LogP) is 4.23. The highest BCUT2D eigenvalue weighted by molar-refractivity contribution is 5.66. The molecule has 1 heterocycles. The minimum absolute atomic E-state index is 0.0896. The molecule has 1 fully saturated rings. The van der Waals surface area contributed by atoms with E-state index in [1.165, 1.54) is 24.3 Å². The highest BCUT2D eigenvalue weighted by Gasteiger charge is 2.31. The molecule has 0 bridgehead atoms. The molecule has 0 aromatic heterocycles. The van der Waals surface area contributed by atoms with Crippen LogP contribution in [0.5, 0.6) is 17.2 Å². The number of benzene rings is 2. The maximum absolute atomic E-state index is 12.2. The van der Waals surface area contributed by atoms with Gasteiger partial charge in [0.1, 0.15) is 17.2 Å². The number of ether oxygens (including phenoxy) is 3. The van der Waals surface area contributed by atoms with Gasteiger partial charge in [0.25, 0.3) is 0 Å². The van der Waals surface area contributed by atoms with Crippen molar-refractivity contribution in [1.29, 1.82) is 0 Å². The van der Waals surface area contributed by atoms with Gasteiger partial charge < -0.3 is 19.3 Å². The molecule has 29 heavy (non-hydrogen) atoms. The number of carboxylic acid groups (broad SMARTS) is 1. The first-order chi connectivity index (χ1) is 13.8. The van der Waals surface area contributed by atoms with E-state index in [4.69, 9.17) is 14.6 Å². The van der Waals surface area contributed by atoms with E-state index in [9.17, 15) is 18.0 Å². The van der Waals surface area contributed by atoms with E-state index in [0.29, 0.717) is 37.7 Å². The lowest BCUT2D eigenvalue weighted by Gasteiger charge is -2.32. The number of alkyl halides is 3. The lowest BCUT2D eigenvalue weighted by atomic mass is 10.1. The quantitative estimate of drug-likeness (QED) is 0.736. The number of aliphatic carboxylic acids is 1. The molecule has 9 heteroatoms. The van der Waals surface area contributed by atoms with E-state index in [-0.39, 0.29) is 18.3 Å². The van der Waals surface area contributed by atoms with Crippen molar-refractivity contribution in [2.24, 2.45) is 0 Å². The lowest BCUT2D eigenvalue weighted by molar-refractivity contribution is -0.274. The van der Waals surface area contributed by atoms with Crippen LogP contribution in [0.1, 0.15) is 18.1 Å². The van der Waals surface area contributed by atoms with Gasteiger partial charge in [0.2, 0.25) is 0 Å². The van der Waals surface area contributed by atoms with Crippen molar-refractivity contribution in [3.8, 4) is 17.2 Å². The average molecular weight is 411 g/mol. The van der Waals surface area contributed by atoms with Crippen molar-refractivity contribution in [2.75, 3.05) is 26.2 Å². The second-order valence-corrected chi connectivity index (χ2v) is 6.49. The van der Waals surface area contributed by atoms with Crippen LogP contribution >= 0.6 is 0 Å². The summed E-state index contributed by atoms with van der Waals surface area (Å²) in [5.74, 6) is -0.243. The molecule has 2 aromatic rings. The van der Waals surface area contributed by atoms with Gasteiger partial charge in [0.15, 0.2) is 0 Å². The number of halogens is 3. The van der Waals surface area contributed by atoms with E-state index < -0.39 is 12.3 Å². The fourth-order valence-corrected chi connectivity index (χ4v) is 2.96. The number of carbonyl (C=O) groups is 1. The molecule has 0 spiro atoms. The summed E-state index contributed by atoms with van der Waals surface area (Å²) in [5.41, 5.74) is 0.936. The van der Waals surface area contributed by atoms with E-state index >= 15 is 0 Å². The third-order valence-electron chi connectivity index (χ3n) is 4.34. The van der Waals surface area contributed by atoms with Crippen LogP contribution < -0.4 is 9.47 Å². The standard InChI is InChI=1S/C20H20F3NO5/c21-20(22,23)29-17-7-5-16(6-8-17)28-15-3-1-14(2-4-15)18-13-24(11-12-27-18)10-9-19(25)26/h1-8,18H,9-13H2,(H,25,26). The van der Waals surface area contributed by atoms with Gasteiger partial charge in [-0.15, -0.1) is 13.2 Å². The predicted molar refractivity (Wildman–Crippen MR) is 97.0 cm³/mol. The van der Waals surface area contributed by atoms with Gasteiger partial charge in [-0.25, -0.2) is 0 Å². The van der Waals surface area contributed by atoms with Crippen LogP contribution in [-0.2, 0) is 9.53 Å². The Morgan fingerprint density at radius 2 is 1.66 bits per heavy atom. The maximum atomic E-state index is 12.2. The van der Waals surface area contributed by atoms with Crippen LogP contribution in [0.4, 0.5) is 13.2 Å². The van der Waals surface area contributed by atoms with Gasteiger partial charge in [-0.05, 0) is 42.0 Å². The van der Waals surface area contributed by atoms with Crippen LogP contribution in [0, 0.1) is 0 Å². The van der Waals surface area contributed by atoms with Crippen LogP contribution in [0.15, 0.2) is 48.5 Å². The molecule has 0 aliphatic carbocycles. The third kappa shape index (κ3) is 6.65. The van der Waals surface area contributed by atoms with Gasteiger partial charge >= 0.3 is 12.3 Å². The zero-order chi connectivity index (χ0) is 20.9. The minimum atomic E-state index is -4.73. The number of hydrogen-bond donors (Lipinski definition) is 1. The SMILES string of the molecule is O=C(O)CCN1CCOC(c2ccc(Oc3ccc(OC(F)(F)F)cc3)cc2)C1. The molecule has 156 valence electrons. The number of hydrogen-bond acceptors (Lipinski definition) is 5. The molecule has 6 nitrogen and oxygen atoms in total. The fourth-order valence-electron chi connectivity index (χ4n) is 2.96. The van der Waals surface area contributed by atoms with Crippen LogP contribution in [0.25, 0.3) is 0 Å². The minimum Gasteiger partial charge on any atom is -0.481 e. The molecule has 1 aliphatic rings. The molecule has 1 aliphatic heterocycles. The highest BCUT2D eigenvalue weighted by Crippen LogP contribution is 2.29. The summed E-state index contributed by atoms with van der Waals surface area (Å²) in [6, 6.07) is 12.3. The smallest absolute Gasteiger partial charge is 0.481 e. The van der Waals surface area contributed by atoms with E-state index in [2.05, 4.69) is 9.64 Å². The number of rotatable bonds is 7. The molecule has 2 aromatic carbocycles. The zero-order valence-corrected chi connectivity index (χ0v) is 15.4. The third-order valence-corrected chi connectivity index (χ3v) is 4.34. The monoisotopic (exact) mass is 411 g/mol. The van der Waals surface area contributed by atoms with Crippen molar-refractivity contribution in [2.45, 2.75) is 18.9 Å². The van der Waals surface area contributed by atoms with Crippen molar-refractivity contribution >= 4 is 5.97 Å². The highest BCUT2D eigenvalue weighted by atomic mass is 19.4. The fraction of sp³-hybridized carbons (Fsp3) is 0.350. The molecule has 3 rings (SSSR count). The lowest BCUT2D eigenvalue weighted by Crippen LogP contribution is -2.39. The first-order valence-electron chi connectivity index (χ1n) is 8.98. The summed E-state index contributed by atoms with van der Waals surface area (Å²) < 4.78 is 51.8. The number of nitrogens with zero attached hydrogens (tertiary/aromatic N) is 1. The number of carboxylic acids is 1. The van der Waals surface area contributed by atoms with Gasteiger partial charge in [-0.3, -0.25) is 9.69 Å². The second-order valence-electron chi connectivity index (χ2n) is 6.49. The summed E-state index contributed by atoms with van der Waals surface area (Å²) in [5, 5.41) is 8.81. The molecule has 1 N–H and O–H groups in total. The Balaban J connectivity index is 1.56. The molecule has 1 saturated heterocycles. The van der Waals surface area contributed by atoms with Crippen LogP contribution in [0.3, 0.4) is 0 Å². The maximum Gasteiger partial charge on any atom is 0.573 e. The summed E-state index contributed by atoms with van der Waals surface area (Å²) >= 11 is 0. The first kappa shape index (κ1) is 20.9. The Labute approximate surface area is 165 Å². The van der Waals surface area contributed by atoms with Gasteiger partial charge in [-0.2, -0.15) is 0 Å². The topological polar surface area (TPSA) is 68.2 Å². The molecule has 1 unspecified atom stereocenters. The largest absolute Gasteiger partial charge is 0.573 e. The van der Waals surface area contributed by atoms with Crippen LogP contribution in [0.2, 0.25) is 0 Å². The molecular formula is C20H20F3NO5. The Morgan fingerprint density at radius 1 is 1.07 bits per heavy atom. The molecule has 0 amide bonds. The Hall–Kier alpha value is -2.78. The molecular weight excluding hydrogens is 391 g/mol. The molecule has 1 atom stereocenters. The van der Waals surface area contributed by atoms with Crippen molar-refractivity contribution in [1.82, 2.24) is 4.90 Å². The normalized spacial score (nSPS) is 17.7. The van der Waals surface area contributed by atoms with Gasteiger partial charge in [0, 0.05) is 19.6 Å². The summed E-state index contributed by atoms with van der Waals surface area (Å²) in [6.45, 7) is 2.30. The Kier molecular flexibility index (Phi) is 6.60. The van der Waals surface area contributed by atoms with Crippen molar-refractivity contribution in [3.05, 3.63) is 54.1 Å². The van der Waals surface area contributed by atoms with Crippen molar-refractivity contribution in [3.63, 3.8) is 0 Å². The second kappa shape index (κ2) is 9.15. The molecule has 0 radical (unpaired) electrons. The molecule has 0 saturated carbocycles. The van der Waals surface area contributed by atoms with Crippen LogP contribution in [-0.4, -0.2) is 48.6 Å². The van der Waals surface area contributed by atoms with Crippen molar-refractivity contribution < 1.29 is 37.3 Å². The summed E-state index contributed by atoms with van der Waals surface area (Å²) in [4.78, 5) is 12.8. The van der Waals surface area contributed by atoms with Gasteiger partial charge in [-0.1, -0.05) is 12.1 Å².